The molecule has 0 aliphatic heterocycles. The van der Waals surface area contributed by atoms with Gasteiger partial charge in [-0.15, -0.1) is 0 Å². The van der Waals surface area contributed by atoms with Gasteiger partial charge in [-0.2, -0.15) is 0 Å². The van der Waals surface area contributed by atoms with Crippen molar-refractivity contribution in [2.45, 2.75) is 0 Å². The summed E-state index contributed by atoms with van der Waals surface area (Å²) in [5.41, 5.74) is 1.39. The maximum atomic E-state index is 11.8. The van der Waals surface area contributed by atoms with Crippen LogP contribution in [0.25, 0.3) is 6.08 Å². The molecule has 0 bridgehead atoms. The molecule has 1 aromatic carbocycles. The van der Waals surface area contributed by atoms with E-state index in [1.165, 1.54) is 12.3 Å². The number of ether oxygens (including phenoxy) is 1. The van der Waals surface area contributed by atoms with Crippen molar-refractivity contribution in [3.8, 4) is 5.75 Å². The third-order valence-corrected chi connectivity index (χ3v) is 3.18. The van der Waals surface area contributed by atoms with E-state index in [1.807, 2.05) is 24.3 Å². The average Bonchev–Trinajstić information content (AvgIpc) is 2.64. The standard InChI is InChI=1S/C18H19N3O3/c1-24-16-7-4-14(5-8-16)6-9-17(22)20-11-12-21-18(23)15-3-2-10-19-13-15/h2-10,13H,11-12H2,1H3,(H,20,22)(H,21,23)/b9-6+. The second-order valence-corrected chi connectivity index (χ2v) is 4.90. The van der Waals surface area contributed by atoms with Gasteiger partial charge in [0, 0.05) is 31.6 Å². The molecule has 1 aromatic heterocycles. The Morgan fingerprint density at radius 2 is 1.88 bits per heavy atom. The van der Waals surface area contributed by atoms with Gasteiger partial charge < -0.3 is 15.4 Å². The van der Waals surface area contributed by atoms with Gasteiger partial charge in [0.05, 0.1) is 12.7 Å². The van der Waals surface area contributed by atoms with Crippen molar-refractivity contribution in [1.29, 1.82) is 0 Å². The smallest absolute Gasteiger partial charge is 0.252 e. The lowest BCUT2D eigenvalue weighted by Gasteiger charge is -2.05. The van der Waals surface area contributed by atoms with Gasteiger partial charge in [-0.1, -0.05) is 12.1 Å². The van der Waals surface area contributed by atoms with E-state index in [1.54, 1.807) is 31.5 Å². The quantitative estimate of drug-likeness (QED) is 0.599. The number of rotatable bonds is 7. The summed E-state index contributed by atoms with van der Waals surface area (Å²) >= 11 is 0. The molecular formula is C18H19N3O3. The van der Waals surface area contributed by atoms with Crippen LogP contribution in [0.4, 0.5) is 0 Å². The molecule has 0 spiro atoms. The number of benzene rings is 1. The Morgan fingerprint density at radius 3 is 2.54 bits per heavy atom. The van der Waals surface area contributed by atoms with Crippen LogP contribution >= 0.6 is 0 Å². The highest BCUT2D eigenvalue weighted by atomic mass is 16.5. The fraction of sp³-hybridized carbons (Fsp3) is 0.167. The number of carbonyl (C=O) groups excluding carboxylic acids is 2. The van der Waals surface area contributed by atoms with Gasteiger partial charge in [0.1, 0.15) is 5.75 Å². The first-order valence-corrected chi connectivity index (χ1v) is 7.47. The topological polar surface area (TPSA) is 80.3 Å². The molecule has 0 unspecified atom stereocenters. The molecule has 0 fully saturated rings. The van der Waals surface area contributed by atoms with E-state index in [0.29, 0.717) is 18.7 Å². The van der Waals surface area contributed by atoms with E-state index < -0.39 is 0 Å². The van der Waals surface area contributed by atoms with Crippen LogP contribution in [0.3, 0.4) is 0 Å². The Balaban J connectivity index is 1.69. The van der Waals surface area contributed by atoms with Crippen LogP contribution in [0, 0.1) is 0 Å². The third-order valence-electron chi connectivity index (χ3n) is 3.18. The van der Waals surface area contributed by atoms with Crippen molar-refractivity contribution in [2.75, 3.05) is 20.2 Å². The third kappa shape index (κ3) is 5.57. The maximum absolute atomic E-state index is 11.8. The zero-order chi connectivity index (χ0) is 17.2. The van der Waals surface area contributed by atoms with E-state index in [0.717, 1.165) is 11.3 Å². The number of amides is 2. The Morgan fingerprint density at radius 1 is 1.12 bits per heavy atom. The van der Waals surface area contributed by atoms with Gasteiger partial charge in [0.15, 0.2) is 0 Å². The van der Waals surface area contributed by atoms with Crippen molar-refractivity contribution in [1.82, 2.24) is 15.6 Å². The predicted molar refractivity (Wildman–Crippen MR) is 91.6 cm³/mol. The van der Waals surface area contributed by atoms with Crippen LogP contribution in [0.15, 0.2) is 54.9 Å². The molecule has 124 valence electrons. The van der Waals surface area contributed by atoms with Crippen LogP contribution in [-0.2, 0) is 4.79 Å². The number of nitrogens with zero attached hydrogens (tertiary/aromatic N) is 1. The van der Waals surface area contributed by atoms with E-state index in [2.05, 4.69) is 15.6 Å². The molecule has 0 saturated heterocycles. The van der Waals surface area contributed by atoms with Crippen LogP contribution in [-0.4, -0.2) is 37.0 Å². The molecule has 6 heteroatoms. The molecule has 2 aromatic rings. The van der Waals surface area contributed by atoms with Crippen molar-refractivity contribution < 1.29 is 14.3 Å². The Labute approximate surface area is 140 Å². The van der Waals surface area contributed by atoms with Gasteiger partial charge in [-0.25, -0.2) is 0 Å². The van der Waals surface area contributed by atoms with Gasteiger partial charge in [-0.3, -0.25) is 14.6 Å². The molecule has 0 atom stereocenters. The fourth-order valence-corrected chi connectivity index (χ4v) is 1.91. The number of hydrogen-bond donors (Lipinski definition) is 2. The van der Waals surface area contributed by atoms with Crippen LogP contribution in [0.1, 0.15) is 15.9 Å². The molecule has 0 saturated carbocycles. The van der Waals surface area contributed by atoms with Gasteiger partial charge in [0.2, 0.25) is 5.91 Å². The predicted octanol–water partition coefficient (Wildman–Crippen LogP) is 1.65. The summed E-state index contributed by atoms with van der Waals surface area (Å²) in [5, 5.41) is 5.41. The molecule has 0 aliphatic carbocycles. The van der Waals surface area contributed by atoms with Crippen molar-refractivity contribution in [2.24, 2.45) is 0 Å². The minimum Gasteiger partial charge on any atom is -0.497 e. The van der Waals surface area contributed by atoms with Crippen molar-refractivity contribution >= 4 is 17.9 Å². The monoisotopic (exact) mass is 325 g/mol. The fourth-order valence-electron chi connectivity index (χ4n) is 1.91. The molecule has 2 amide bonds. The first kappa shape index (κ1) is 17.2. The summed E-state index contributed by atoms with van der Waals surface area (Å²) in [6.07, 6.45) is 6.26. The lowest BCUT2D eigenvalue weighted by Crippen LogP contribution is -2.34. The summed E-state index contributed by atoms with van der Waals surface area (Å²) < 4.78 is 5.07. The molecule has 0 radical (unpaired) electrons. The maximum Gasteiger partial charge on any atom is 0.252 e. The number of methoxy groups -OCH3 is 1. The Hall–Kier alpha value is -3.15. The first-order chi connectivity index (χ1) is 11.7. The van der Waals surface area contributed by atoms with Crippen LogP contribution < -0.4 is 15.4 Å². The Kier molecular flexibility index (Phi) is 6.52. The normalized spacial score (nSPS) is 10.4. The highest BCUT2D eigenvalue weighted by molar-refractivity contribution is 5.94. The largest absolute Gasteiger partial charge is 0.497 e. The molecule has 1 heterocycles. The zero-order valence-electron chi connectivity index (χ0n) is 13.4. The summed E-state index contributed by atoms with van der Waals surface area (Å²) in [7, 11) is 1.60. The molecule has 24 heavy (non-hydrogen) atoms. The second-order valence-electron chi connectivity index (χ2n) is 4.90. The van der Waals surface area contributed by atoms with Gasteiger partial charge >= 0.3 is 0 Å². The summed E-state index contributed by atoms with van der Waals surface area (Å²) in [6, 6.07) is 10.7. The number of aromatic nitrogens is 1. The number of hydrogen-bond acceptors (Lipinski definition) is 4. The molecule has 0 aliphatic rings. The van der Waals surface area contributed by atoms with Gasteiger partial charge in [0.25, 0.3) is 5.91 Å². The number of nitrogens with one attached hydrogen (secondary N) is 2. The molecule has 2 rings (SSSR count). The molecule has 6 nitrogen and oxygen atoms in total. The molecule has 2 N–H and O–H groups in total. The highest BCUT2D eigenvalue weighted by Crippen LogP contribution is 2.12. The summed E-state index contributed by atoms with van der Waals surface area (Å²) in [5.74, 6) is 0.327. The summed E-state index contributed by atoms with van der Waals surface area (Å²) in [6.45, 7) is 0.688. The first-order valence-electron chi connectivity index (χ1n) is 7.47. The number of carbonyl (C=O) groups is 2. The van der Waals surface area contributed by atoms with Crippen molar-refractivity contribution in [3.05, 3.63) is 66.0 Å². The van der Waals surface area contributed by atoms with Crippen molar-refractivity contribution in [3.63, 3.8) is 0 Å². The lowest BCUT2D eigenvalue weighted by atomic mass is 10.2. The lowest BCUT2D eigenvalue weighted by molar-refractivity contribution is -0.116. The minimum atomic E-state index is -0.221. The van der Waals surface area contributed by atoms with E-state index >= 15 is 0 Å². The summed E-state index contributed by atoms with van der Waals surface area (Å²) in [4.78, 5) is 27.4. The SMILES string of the molecule is COc1ccc(/C=C/C(=O)NCCNC(=O)c2cccnc2)cc1. The average molecular weight is 325 g/mol. The van der Waals surface area contributed by atoms with E-state index in [9.17, 15) is 9.59 Å². The second kappa shape index (κ2) is 9.09. The van der Waals surface area contributed by atoms with E-state index in [4.69, 9.17) is 4.74 Å². The highest BCUT2D eigenvalue weighted by Gasteiger charge is 2.03. The minimum absolute atomic E-state index is 0.217. The van der Waals surface area contributed by atoms with E-state index in [-0.39, 0.29) is 11.8 Å². The van der Waals surface area contributed by atoms with Crippen LogP contribution in [0.5, 0.6) is 5.75 Å². The zero-order valence-corrected chi connectivity index (χ0v) is 13.4. The van der Waals surface area contributed by atoms with Crippen LogP contribution in [0.2, 0.25) is 0 Å². The number of pyridine rings is 1. The Bertz CT molecular complexity index is 697. The molecular weight excluding hydrogens is 306 g/mol. The van der Waals surface area contributed by atoms with Gasteiger partial charge in [-0.05, 0) is 35.9 Å².